The highest BCUT2D eigenvalue weighted by atomic mass is 16.5. The lowest BCUT2D eigenvalue weighted by atomic mass is 10.1. The van der Waals surface area contributed by atoms with Crippen molar-refractivity contribution in [3.05, 3.63) is 53.1 Å². The molecule has 0 bridgehead atoms. The summed E-state index contributed by atoms with van der Waals surface area (Å²) in [5, 5.41) is 11.9. The van der Waals surface area contributed by atoms with Gasteiger partial charge < -0.3 is 19.5 Å². The number of hydrogen-bond acceptors (Lipinski definition) is 5. The quantitative estimate of drug-likeness (QED) is 0.701. The van der Waals surface area contributed by atoms with Crippen LogP contribution in [0, 0.1) is 11.3 Å². The van der Waals surface area contributed by atoms with E-state index in [4.69, 9.17) is 19.5 Å². The second kappa shape index (κ2) is 10.2. The maximum atomic E-state index is 12.8. The number of amides is 1. The summed E-state index contributed by atoms with van der Waals surface area (Å²) in [6, 6.07) is 12.3. The Bertz CT molecular complexity index is 814. The Morgan fingerprint density at radius 2 is 1.54 bits per heavy atom. The van der Waals surface area contributed by atoms with E-state index >= 15 is 0 Å². The molecule has 0 saturated carbocycles. The number of rotatable bonds is 9. The van der Waals surface area contributed by atoms with Gasteiger partial charge in [0, 0.05) is 5.56 Å². The molecule has 6 heteroatoms. The molecule has 0 aliphatic heterocycles. The number of nitrogens with one attached hydrogen (secondary N) is 1. The van der Waals surface area contributed by atoms with Gasteiger partial charge in [0.1, 0.15) is 0 Å². The molecular weight excluding hydrogens is 356 g/mol. The lowest BCUT2D eigenvalue weighted by Crippen LogP contribution is -2.26. The average molecular weight is 382 g/mol. The van der Waals surface area contributed by atoms with E-state index in [-0.39, 0.29) is 11.9 Å². The number of hydrogen-bond donors (Lipinski definition) is 1. The van der Waals surface area contributed by atoms with Crippen molar-refractivity contribution in [3.8, 4) is 23.3 Å². The molecule has 1 N–H and O–H groups in total. The first kappa shape index (κ1) is 21.1. The van der Waals surface area contributed by atoms with Gasteiger partial charge in [-0.05, 0) is 57.5 Å². The molecule has 1 atom stereocenters. The number of ether oxygens (including phenoxy) is 3. The minimum absolute atomic E-state index is 0.224. The average Bonchev–Trinajstić information content (AvgIpc) is 2.70. The Kier molecular flexibility index (Phi) is 7.70. The van der Waals surface area contributed by atoms with Crippen molar-refractivity contribution in [1.29, 1.82) is 5.26 Å². The van der Waals surface area contributed by atoms with Crippen LogP contribution >= 0.6 is 0 Å². The van der Waals surface area contributed by atoms with Gasteiger partial charge in [0.2, 0.25) is 5.75 Å². The first-order valence-electron chi connectivity index (χ1n) is 9.41. The minimum atomic E-state index is -0.248. The van der Waals surface area contributed by atoms with Crippen LogP contribution in [0.2, 0.25) is 0 Å². The SMILES string of the molecule is CCOc1cc(C(=O)NC(C)c2ccc(C#N)cc2)cc(OCC)c1OCC. The van der Waals surface area contributed by atoms with Gasteiger partial charge >= 0.3 is 0 Å². The molecule has 0 aliphatic carbocycles. The second-order valence-corrected chi connectivity index (χ2v) is 6.03. The third-order valence-electron chi connectivity index (χ3n) is 4.06. The van der Waals surface area contributed by atoms with Crippen LogP contribution in [-0.2, 0) is 0 Å². The standard InChI is InChI=1S/C22H26N2O4/c1-5-26-19-12-18(13-20(27-6-2)21(19)28-7-3)22(25)24-15(4)17-10-8-16(14-23)9-11-17/h8-13,15H,5-7H2,1-4H3,(H,24,25). The number of nitrogens with zero attached hydrogens (tertiary/aromatic N) is 1. The summed E-state index contributed by atoms with van der Waals surface area (Å²) < 4.78 is 17.0. The van der Waals surface area contributed by atoms with E-state index in [1.165, 1.54) is 0 Å². The normalized spacial score (nSPS) is 11.2. The molecule has 0 spiro atoms. The maximum Gasteiger partial charge on any atom is 0.252 e. The number of benzene rings is 2. The summed E-state index contributed by atoms with van der Waals surface area (Å²) in [6.45, 7) is 8.86. The van der Waals surface area contributed by atoms with Gasteiger partial charge in [0.05, 0.1) is 37.5 Å². The van der Waals surface area contributed by atoms with Crippen LogP contribution in [0.5, 0.6) is 17.2 Å². The molecule has 1 amide bonds. The van der Waals surface area contributed by atoms with Gasteiger partial charge in [-0.15, -0.1) is 0 Å². The summed E-state index contributed by atoms with van der Waals surface area (Å²) in [4.78, 5) is 12.8. The fraction of sp³-hybridized carbons (Fsp3) is 0.364. The predicted molar refractivity (Wildman–Crippen MR) is 107 cm³/mol. The summed E-state index contributed by atoms with van der Waals surface area (Å²) in [6.07, 6.45) is 0. The molecular formula is C22H26N2O4. The molecule has 0 saturated heterocycles. The summed E-state index contributed by atoms with van der Waals surface area (Å²) in [5.41, 5.74) is 1.92. The summed E-state index contributed by atoms with van der Waals surface area (Å²) in [7, 11) is 0. The van der Waals surface area contributed by atoms with Crippen LogP contribution < -0.4 is 19.5 Å². The number of carbonyl (C=O) groups excluding carboxylic acids is 1. The van der Waals surface area contributed by atoms with Crippen LogP contribution in [0.4, 0.5) is 0 Å². The van der Waals surface area contributed by atoms with E-state index in [1.807, 2.05) is 39.8 Å². The highest BCUT2D eigenvalue weighted by molar-refractivity contribution is 5.95. The van der Waals surface area contributed by atoms with Crippen molar-refractivity contribution in [2.45, 2.75) is 33.7 Å². The molecule has 2 aromatic rings. The van der Waals surface area contributed by atoms with Crippen LogP contribution in [0.3, 0.4) is 0 Å². The fourth-order valence-corrected chi connectivity index (χ4v) is 2.73. The molecule has 148 valence electrons. The maximum absolute atomic E-state index is 12.8. The molecule has 28 heavy (non-hydrogen) atoms. The van der Waals surface area contributed by atoms with Crippen molar-refractivity contribution in [3.63, 3.8) is 0 Å². The second-order valence-electron chi connectivity index (χ2n) is 6.03. The topological polar surface area (TPSA) is 80.6 Å². The van der Waals surface area contributed by atoms with Crippen molar-refractivity contribution in [2.75, 3.05) is 19.8 Å². The molecule has 2 aromatic carbocycles. The molecule has 1 unspecified atom stereocenters. The molecule has 0 heterocycles. The number of nitriles is 1. The molecule has 0 aromatic heterocycles. The first-order valence-corrected chi connectivity index (χ1v) is 9.41. The zero-order chi connectivity index (χ0) is 20.5. The summed E-state index contributed by atoms with van der Waals surface area (Å²) >= 11 is 0. The number of carbonyl (C=O) groups is 1. The van der Waals surface area contributed by atoms with E-state index < -0.39 is 0 Å². The van der Waals surface area contributed by atoms with Gasteiger partial charge in [-0.2, -0.15) is 5.26 Å². The predicted octanol–water partition coefficient (Wildman–Crippen LogP) is 4.25. The Balaban J connectivity index is 2.28. The lowest BCUT2D eigenvalue weighted by Gasteiger charge is -2.18. The molecule has 0 radical (unpaired) electrons. The monoisotopic (exact) mass is 382 g/mol. The van der Waals surface area contributed by atoms with E-state index in [1.54, 1.807) is 24.3 Å². The zero-order valence-electron chi connectivity index (χ0n) is 16.7. The highest BCUT2D eigenvalue weighted by Gasteiger charge is 2.19. The largest absolute Gasteiger partial charge is 0.490 e. The van der Waals surface area contributed by atoms with Crippen molar-refractivity contribution >= 4 is 5.91 Å². The first-order chi connectivity index (χ1) is 13.5. The Morgan fingerprint density at radius 1 is 1.00 bits per heavy atom. The van der Waals surface area contributed by atoms with E-state index in [2.05, 4.69) is 11.4 Å². The Labute approximate surface area is 166 Å². The fourth-order valence-electron chi connectivity index (χ4n) is 2.73. The molecule has 6 nitrogen and oxygen atoms in total. The van der Waals surface area contributed by atoms with E-state index in [9.17, 15) is 4.79 Å². The van der Waals surface area contributed by atoms with Crippen molar-refractivity contribution in [1.82, 2.24) is 5.32 Å². The van der Waals surface area contributed by atoms with Gasteiger partial charge in [-0.3, -0.25) is 4.79 Å². The van der Waals surface area contributed by atoms with Gasteiger partial charge in [-0.1, -0.05) is 12.1 Å². The van der Waals surface area contributed by atoms with Crippen LogP contribution in [0.15, 0.2) is 36.4 Å². The lowest BCUT2D eigenvalue weighted by molar-refractivity contribution is 0.0938. The Morgan fingerprint density at radius 3 is 2.00 bits per heavy atom. The minimum Gasteiger partial charge on any atom is -0.490 e. The summed E-state index contributed by atoms with van der Waals surface area (Å²) in [5.74, 6) is 1.21. The van der Waals surface area contributed by atoms with Gasteiger partial charge in [0.15, 0.2) is 11.5 Å². The van der Waals surface area contributed by atoms with Crippen molar-refractivity contribution < 1.29 is 19.0 Å². The third-order valence-corrected chi connectivity index (χ3v) is 4.06. The van der Waals surface area contributed by atoms with Crippen LogP contribution in [-0.4, -0.2) is 25.7 Å². The molecule has 2 rings (SSSR count). The Hall–Kier alpha value is -3.20. The van der Waals surface area contributed by atoms with Crippen LogP contribution in [0.25, 0.3) is 0 Å². The highest BCUT2D eigenvalue weighted by Crippen LogP contribution is 2.39. The smallest absolute Gasteiger partial charge is 0.252 e. The molecule has 0 aliphatic rings. The van der Waals surface area contributed by atoms with Crippen molar-refractivity contribution in [2.24, 2.45) is 0 Å². The molecule has 0 fully saturated rings. The van der Waals surface area contributed by atoms with Gasteiger partial charge in [-0.25, -0.2) is 0 Å². The van der Waals surface area contributed by atoms with E-state index in [0.29, 0.717) is 48.2 Å². The van der Waals surface area contributed by atoms with E-state index in [0.717, 1.165) is 5.56 Å². The zero-order valence-corrected chi connectivity index (χ0v) is 16.7. The van der Waals surface area contributed by atoms with Gasteiger partial charge in [0.25, 0.3) is 5.91 Å². The van der Waals surface area contributed by atoms with Crippen LogP contribution in [0.1, 0.15) is 55.2 Å². The third kappa shape index (κ3) is 5.17.